The number of aliphatic hydroxyl groups is 1. The smallest absolute Gasteiger partial charge is 0.255 e. The molecular formula is C18H20N4O2. The molecule has 1 N–H and O–H groups in total. The highest BCUT2D eigenvalue weighted by atomic mass is 16.3. The SMILES string of the molecule is CC(CO)N(C)C(=O)c1cnc2c(cnn2Cc2ccccc2)c1. The zero-order valence-corrected chi connectivity index (χ0v) is 13.8. The van der Waals surface area contributed by atoms with Crippen LogP contribution in [0.3, 0.4) is 0 Å². The molecule has 2 aromatic heterocycles. The summed E-state index contributed by atoms with van der Waals surface area (Å²) < 4.78 is 1.82. The van der Waals surface area contributed by atoms with E-state index in [1.165, 1.54) is 4.90 Å². The number of fused-ring (bicyclic) bond motifs is 1. The Morgan fingerprint density at radius 3 is 2.75 bits per heavy atom. The van der Waals surface area contributed by atoms with Crippen LogP contribution >= 0.6 is 0 Å². The molecule has 3 rings (SSSR count). The first kappa shape index (κ1) is 16.1. The number of carbonyl (C=O) groups is 1. The Balaban J connectivity index is 1.87. The van der Waals surface area contributed by atoms with E-state index in [1.807, 2.05) is 35.0 Å². The lowest BCUT2D eigenvalue weighted by molar-refractivity contribution is 0.0682. The summed E-state index contributed by atoms with van der Waals surface area (Å²) in [6, 6.07) is 11.6. The van der Waals surface area contributed by atoms with Crippen LogP contribution < -0.4 is 0 Å². The number of aliphatic hydroxyl groups excluding tert-OH is 1. The van der Waals surface area contributed by atoms with Crippen LogP contribution in [0.15, 0.2) is 48.8 Å². The van der Waals surface area contributed by atoms with Crippen molar-refractivity contribution in [2.75, 3.05) is 13.7 Å². The summed E-state index contributed by atoms with van der Waals surface area (Å²) in [5, 5.41) is 14.4. The molecule has 24 heavy (non-hydrogen) atoms. The number of likely N-dealkylation sites (N-methyl/N-ethyl adjacent to an activating group) is 1. The molecule has 0 radical (unpaired) electrons. The van der Waals surface area contributed by atoms with Gasteiger partial charge in [-0.25, -0.2) is 9.67 Å². The molecule has 1 aromatic carbocycles. The number of aromatic nitrogens is 3. The minimum atomic E-state index is -0.242. The summed E-state index contributed by atoms with van der Waals surface area (Å²) in [5.41, 5.74) is 2.37. The Morgan fingerprint density at radius 2 is 2.04 bits per heavy atom. The van der Waals surface area contributed by atoms with E-state index in [0.717, 1.165) is 16.6 Å². The molecule has 2 heterocycles. The van der Waals surface area contributed by atoms with Crippen molar-refractivity contribution in [1.29, 1.82) is 0 Å². The van der Waals surface area contributed by atoms with Gasteiger partial charge in [-0.2, -0.15) is 5.10 Å². The summed E-state index contributed by atoms with van der Waals surface area (Å²) in [6.45, 7) is 2.35. The van der Waals surface area contributed by atoms with Gasteiger partial charge >= 0.3 is 0 Å². The molecule has 1 amide bonds. The molecule has 0 aliphatic carbocycles. The van der Waals surface area contributed by atoms with E-state index >= 15 is 0 Å². The minimum Gasteiger partial charge on any atom is -0.394 e. The Hall–Kier alpha value is -2.73. The number of hydrogen-bond donors (Lipinski definition) is 1. The average molecular weight is 324 g/mol. The zero-order valence-electron chi connectivity index (χ0n) is 13.8. The third-order valence-corrected chi connectivity index (χ3v) is 4.14. The summed E-state index contributed by atoms with van der Waals surface area (Å²) in [5.74, 6) is -0.165. The highest BCUT2D eigenvalue weighted by Crippen LogP contribution is 2.16. The third kappa shape index (κ3) is 3.14. The van der Waals surface area contributed by atoms with Crippen molar-refractivity contribution in [3.8, 4) is 0 Å². The lowest BCUT2D eigenvalue weighted by Crippen LogP contribution is -2.37. The van der Waals surface area contributed by atoms with E-state index in [0.29, 0.717) is 12.1 Å². The average Bonchev–Trinajstić information content (AvgIpc) is 3.02. The number of carbonyl (C=O) groups excluding carboxylic acids is 1. The van der Waals surface area contributed by atoms with Crippen LogP contribution in [0, 0.1) is 0 Å². The van der Waals surface area contributed by atoms with E-state index in [1.54, 1.807) is 32.4 Å². The van der Waals surface area contributed by atoms with Gasteiger partial charge in [-0.15, -0.1) is 0 Å². The number of amides is 1. The lowest BCUT2D eigenvalue weighted by atomic mass is 10.2. The van der Waals surface area contributed by atoms with Crippen LogP contribution in [0.5, 0.6) is 0 Å². The molecule has 0 bridgehead atoms. The predicted octanol–water partition coefficient (Wildman–Crippen LogP) is 1.93. The van der Waals surface area contributed by atoms with Crippen molar-refractivity contribution in [3.63, 3.8) is 0 Å². The largest absolute Gasteiger partial charge is 0.394 e. The van der Waals surface area contributed by atoms with Crippen LogP contribution in [0.2, 0.25) is 0 Å². The first-order valence-corrected chi connectivity index (χ1v) is 7.83. The standard InChI is InChI=1S/C18H20N4O2/c1-13(12-23)21(2)18(24)16-8-15-10-20-22(17(15)19-9-16)11-14-6-4-3-5-7-14/h3-10,13,23H,11-12H2,1-2H3. The maximum atomic E-state index is 12.4. The lowest BCUT2D eigenvalue weighted by Gasteiger charge is -2.23. The second-order valence-corrected chi connectivity index (χ2v) is 5.87. The van der Waals surface area contributed by atoms with Crippen molar-refractivity contribution >= 4 is 16.9 Å². The number of pyridine rings is 1. The summed E-state index contributed by atoms with van der Waals surface area (Å²) in [4.78, 5) is 18.4. The Bertz CT molecular complexity index is 845. The number of rotatable bonds is 5. The van der Waals surface area contributed by atoms with Gasteiger partial charge in [0.05, 0.1) is 31.0 Å². The van der Waals surface area contributed by atoms with Gasteiger partial charge in [0.1, 0.15) is 0 Å². The van der Waals surface area contributed by atoms with Gasteiger partial charge in [0, 0.05) is 18.6 Å². The molecule has 0 aliphatic rings. The topological polar surface area (TPSA) is 71.2 Å². The van der Waals surface area contributed by atoms with E-state index in [2.05, 4.69) is 10.1 Å². The minimum absolute atomic E-state index is 0.0765. The summed E-state index contributed by atoms with van der Waals surface area (Å²) in [7, 11) is 1.67. The van der Waals surface area contributed by atoms with Gasteiger partial charge in [-0.05, 0) is 18.6 Å². The van der Waals surface area contributed by atoms with Crippen LogP contribution in [-0.2, 0) is 6.54 Å². The van der Waals surface area contributed by atoms with E-state index in [-0.39, 0.29) is 18.6 Å². The first-order valence-electron chi connectivity index (χ1n) is 7.83. The molecule has 1 unspecified atom stereocenters. The fourth-order valence-electron chi connectivity index (χ4n) is 2.49. The Labute approximate surface area is 140 Å². The summed E-state index contributed by atoms with van der Waals surface area (Å²) in [6.07, 6.45) is 3.28. The zero-order chi connectivity index (χ0) is 17.1. The quantitative estimate of drug-likeness (QED) is 0.778. The number of hydrogen-bond acceptors (Lipinski definition) is 4. The van der Waals surface area contributed by atoms with E-state index < -0.39 is 0 Å². The van der Waals surface area contributed by atoms with Crippen LogP contribution in [-0.4, -0.2) is 50.4 Å². The molecule has 6 nitrogen and oxygen atoms in total. The monoisotopic (exact) mass is 324 g/mol. The van der Waals surface area contributed by atoms with Gasteiger partial charge in [0.25, 0.3) is 5.91 Å². The molecule has 0 saturated heterocycles. The van der Waals surface area contributed by atoms with Crippen molar-refractivity contribution in [1.82, 2.24) is 19.7 Å². The van der Waals surface area contributed by atoms with Crippen molar-refractivity contribution < 1.29 is 9.90 Å². The van der Waals surface area contributed by atoms with Crippen molar-refractivity contribution in [2.45, 2.75) is 19.5 Å². The molecule has 0 spiro atoms. The van der Waals surface area contributed by atoms with Crippen LogP contribution in [0.1, 0.15) is 22.8 Å². The van der Waals surface area contributed by atoms with Gasteiger partial charge in [-0.1, -0.05) is 30.3 Å². The van der Waals surface area contributed by atoms with Crippen LogP contribution in [0.4, 0.5) is 0 Å². The maximum Gasteiger partial charge on any atom is 0.255 e. The van der Waals surface area contributed by atoms with Crippen molar-refractivity contribution in [2.24, 2.45) is 0 Å². The summed E-state index contributed by atoms with van der Waals surface area (Å²) >= 11 is 0. The second-order valence-electron chi connectivity index (χ2n) is 5.87. The Morgan fingerprint density at radius 1 is 1.29 bits per heavy atom. The third-order valence-electron chi connectivity index (χ3n) is 4.14. The Kier molecular flexibility index (Phi) is 4.57. The van der Waals surface area contributed by atoms with E-state index in [9.17, 15) is 9.90 Å². The molecule has 124 valence electrons. The fourth-order valence-corrected chi connectivity index (χ4v) is 2.49. The second kappa shape index (κ2) is 6.80. The fraction of sp³-hybridized carbons (Fsp3) is 0.278. The number of nitrogens with zero attached hydrogens (tertiary/aromatic N) is 4. The first-order chi connectivity index (χ1) is 11.6. The molecule has 6 heteroatoms. The maximum absolute atomic E-state index is 12.4. The normalized spacial score (nSPS) is 12.3. The van der Waals surface area contributed by atoms with Gasteiger partial charge < -0.3 is 10.0 Å². The molecule has 0 aliphatic heterocycles. The molecule has 0 fully saturated rings. The predicted molar refractivity (Wildman–Crippen MR) is 91.7 cm³/mol. The van der Waals surface area contributed by atoms with Gasteiger partial charge in [0.15, 0.2) is 5.65 Å². The van der Waals surface area contributed by atoms with Crippen LogP contribution in [0.25, 0.3) is 11.0 Å². The molecular weight excluding hydrogens is 304 g/mol. The van der Waals surface area contributed by atoms with Crippen molar-refractivity contribution in [3.05, 3.63) is 59.9 Å². The molecule has 0 saturated carbocycles. The molecule has 1 atom stereocenters. The highest BCUT2D eigenvalue weighted by Gasteiger charge is 2.18. The van der Waals surface area contributed by atoms with E-state index in [4.69, 9.17) is 0 Å². The van der Waals surface area contributed by atoms with Gasteiger partial charge in [-0.3, -0.25) is 4.79 Å². The highest BCUT2D eigenvalue weighted by molar-refractivity contribution is 5.96. The number of benzene rings is 1. The molecule has 3 aromatic rings. The van der Waals surface area contributed by atoms with Gasteiger partial charge in [0.2, 0.25) is 0 Å².